The molecule has 0 spiro atoms. The molecule has 1 heterocycles. The van der Waals surface area contributed by atoms with Gasteiger partial charge in [-0.15, -0.1) is 0 Å². The zero-order valence-corrected chi connectivity index (χ0v) is 20.8. The summed E-state index contributed by atoms with van der Waals surface area (Å²) >= 11 is 0. The van der Waals surface area contributed by atoms with Crippen LogP contribution >= 0.6 is 0 Å². The van der Waals surface area contributed by atoms with Gasteiger partial charge in [0.15, 0.2) is 5.78 Å². The van der Waals surface area contributed by atoms with Gasteiger partial charge in [-0.05, 0) is 55.3 Å². The number of carbonyl (C=O) groups excluding carboxylic acids is 1. The molecule has 3 N–H and O–H groups in total. The Hall–Kier alpha value is -4.26. The van der Waals surface area contributed by atoms with Crippen molar-refractivity contribution in [3.63, 3.8) is 0 Å². The number of nitrogens with zero attached hydrogens (tertiary/aromatic N) is 2. The molecular weight excluding hydrogens is 462 g/mol. The van der Waals surface area contributed by atoms with Crippen molar-refractivity contribution in [2.24, 2.45) is 5.16 Å². The van der Waals surface area contributed by atoms with Gasteiger partial charge >= 0.3 is 0 Å². The smallest absolute Gasteiger partial charge is 0.193 e. The molecule has 0 amide bonds. The average Bonchev–Trinajstić information content (AvgIpc) is 3.26. The van der Waals surface area contributed by atoms with Gasteiger partial charge in [-0.3, -0.25) is 4.79 Å². The number of fused-ring (bicyclic) bond motifs is 3. The number of hydroxylamine groups is 1. The maximum atomic E-state index is 13.3. The van der Waals surface area contributed by atoms with E-state index in [4.69, 9.17) is 0 Å². The molecule has 5 rings (SSSR count). The molecule has 1 unspecified atom stereocenters. The number of hydrogen-bond donors (Lipinski definition) is 3. The van der Waals surface area contributed by atoms with Crippen LogP contribution in [0.3, 0.4) is 0 Å². The van der Waals surface area contributed by atoms with Crippen LogP contribution in [0, 0.1) is 6.92 Å². The van der Waals surface area contributed by atoms with Gasteiger partial charge in [-0.2, -0.15) is 5.48 Å². The van der Waals surface area contributed by atoms with Crippen LogP contribution in [0.5, 0.6) is 0 Å². The first-order valence-corrected chi connectivity index (χ1v) is 12.4. The molecule has 4 aromatic carbocycles. The molecule has 0 aliphatic heterocycles. The fourth-order valence-corrected chi connectivity index (χ4v) is 5.08. The van der Waals surface area contributed by atoms with Crippen molar-refractivity contribution < 1.29 is 15.2 Å². The second-order valence-corrected chi connectivity index (χ2v) is 9.20. The average molecular weight is 492 g/mol. The van der Waals surface area contributed by atoms with Crippen molar-refractivity contribution in [1.82, 2.24) is 10.0 Å². The summed E-state index contributed by atoms with van der Waals surface area (Å²) in [6.07, 6.45) is 0.284. The maximum Gasteiger partial charge on any atom is 0.193 e. The molecule has 0 bridgehead atoms. The van der Waals surface area contributed by atoms with E-state index < -0.39 is 6.04 Å². The second-order valence-electron chi connectivity index (χ2n) is 9.20. The van der Waals surface area contributed by atoms with E-state index in [1.165, 1.54) is 0 Å². The highest BCUT2D eigenvalue weighted by Crippen LogP contribution is 2.32. The summed E-state index contributed by atoms with van der Waals surface area (Å²) in [6.45, 7) is 4.81. The van der Waals surface area contributed by atoms with Gasteiger partial charge in [0.25, 0.3) is 0 Å². The number of rotatable bonds is 8. The molecule has 0 aliphatic carbocycles. The van der Waals surface area contributed by atoms with Gasteiger partial charge in [0.2, 0.25) is 0 Å². The lowest BCUT2D eigenvalue weighted by Gasteiger charge is -2.16. The summed E-state index contributed by atoms with van der Waals surface area (Å²) in [5.41, 5.74) is 8.77. The van der Waals surface area contributed by atoms with E-state index in [-0.39, 0.29) is 12.2 Å². The summed E-state index contributed by atoms with van der Waals surface area (Å²) < 4.78 is 2.22. The third-order valence-electron chi connectivity index (χ3n) is 7.04. The zero-order chi connectivity index (χ0) is 25.9. The van der Waals surface area contributed by atoms with Gasteiger partial charge in [-0.25, -0.2) is 0 Å². The summed E-state index contributed by atoms with van der Waals surface area (Å²) in [7, 11) is 0. The molecule has 1 aromatic heterocycles. The largest absolute Gasteiger partial charge is 0.411 e. The van der Waals surface area contributed by atoms with E-state index >= 15 is 0 Å². The highest BCUT2D eigenvalue weighted by molar-refractivity contribution is 6.16. The lowest BCUT2D eigenvalue weighted by atomic mass is 9.96. The van der Waals surface area contributed by atoms with E-state index in [1.807, 2.05) is 97.9 Å². The van der Waals surface area contributed by atoms with Gasteiger partial charge in [-0.1, -0.05) is 65.8 Å². The van der Waals surface area contributed by atoms with Gasteiger partial charge in [0, 0.05) is 51.5 Å². The van der Waals surface area contributed by atoms with E-state index in [2.05, 4.69) is 22.1 Å². The third kappa shape index (κ3) is 4.53. The van der Waals surface area contributed by atoms with Gasteiger partial charge in [0.05, 0.1) is 11.8 Å². The molecular formula is C31H29N3O3. The van der Waals surface area contributed by atoms with E-state index in [9.17, 15) is 15.2 Å². The van der Waals surface area contributed by atoms with Crippen molar-refractivity contribution in [2.45, 2.75) is 32.9 Å². The predicted molar refractivity (Wildman–Crippen MR) is 147 cm³/mol. The molecule has 186 valence electrons. The highest BCUT2D eigenvalue weighted by atomic mass is 16.5. The number of oxime groups is 1. The SMILES string of the molecule is CCn1c2ccc(C(=O)c3ccccc3C)cc2c2cc(/C(CC(NO)c3ccccc3)=N\O)ccc21. The molecule has 5 aromatic rings. The maximum absolute atomic E-state index is 13.3. The molecule has 0 saturated heterocycles. The fourth-order valence-electron chi connectivity index (χ4n) is 5.08. The quantitative estimate of drug-likeness (QED) is 0.0982. The summed E-state index contributed by atoms with van der Waals surface area (Å²) in [5.74, 6) is -0.00844. The molecule has 1 atom stereocenters. The van der Waals surface area contributed by atoms with Crippen molar-refractivity contribution in [3.05, 3.63) is 119 Å². The van der Waals surface area contributed by atoms with Crippen molar-refractivity contribution in [2.75, 3.05) is 0 Å². The van der Waals surface area contributed by atoms with Gasteiger partial charge < -0.3 is 15.0 Å². The summed E-state index contributed by atoms with van der Waals surface area (Å²) in [4.78, 5) is 13.3. The molecule has 37 heavy (non-hydrogen) atoms. The molecule has 6 nitrogen and oxygen atoms in total. The van der Waals surface area contributed by atoms with Crippen LogP contribution in [0.1, 0.15) is 52.0 Å². The van der Waals surface area contributed by atoms with Gasteiger partial charge in [0.1, 0.15) is 0 Å². The van der Waals surface area contributed by atoms with E-state index in [1.54, 1.807) is 0 Å². The van der Waals surface area contributed by atoms with E-state index in [0.29, 0.717) is 16.8 Å². The summed E-state index contributed by atoms with van der Waals surface area (Å²) in [5, 5.41) is 25.2. The van der Waals surface area contributed by atoms with Crippen molar-refractivity contribution in [3.8, 4) is 0 Å². The minimum absolute atomic E-state index is 0.00844. The Morgan fingerprint density at radius 3 is 2.14 bits per heavy atom. The monoisotopic (exact) mass is 491 g/mol. The number of hydrogen-bond acceptors (Lipinski definition) is 5. The first kappa shape index (κ1) is 24.4. The third-order valence-corrected chi connectivity index (χ3v) is 7.04. The first-order valence-electron chi connectivity index (χ1n) is 12.4. The van der Waals surface area contributed by atoms with Crippen LogP contribution < -0.4 is 5.48 Å². The van der Waals surface area contributed by atoms with Crippen LogP contribution in [0.15, 0.2) is 96.2 Å². The number of aryl methyl sites for hydroxylation is 2. The Morgan fingerprint density at radius 1 is 0.892 bits per heavy atom. The van der Waals surface area contributed by atoms with Crippen molar-refractivity contribution in [1.29, 1.82) is 0 Å². The topological polar surface area (TPSA) is 86.9 Å². The van der Waals surface area contributed by atoms with Crippen LogP contribution in [0.25, 0.3) is 21.8 Å². The predicted octanol–water partition coefficient (Wildman–Crippen LogP) is 6.64. The Bertz CT molecular complexity index is 1620. The molecule has 0 saturated carbocycles. The zero-order valence-electron chi connectivity index (χ0n) is 20.8. The number of nitrogens with one attached hydrogen (secondary N) is 1. The standard InChI is InChI=1S/C31H29N3O3/c1-3-34-29-15-13-22(28(33-37)19-27(32-36)21-10-5-4-6-11-21)17-25(29)26-18-23(14-16-30(26)34)31(35)24-12-8-7-9-20(24)2/h4-18,27,32,36-37H,3,19H2,1-2H3/b33-28-. The lowest BCUT2D eigenvalue weighted by Crippen LogP contribution is -2.21. The molecule has 6 heteroatoms. The van der Waals surface area contributed by atoms with E-state index in [0.717, 1.165) is 45.0 Å². The number of aromatic nitrogens is 1. The molecule has 0 fully saturated rings. The van der Waals surface area contributed by atoms with Crippen LogP contribution in [0.2, 0.25) is 0 Å². The Labute approximate surface area is 215 Å². The number of carbonyl (C=O) groups is 1. The fraction of sp³-hybridized carbons (Fsp3) is 0.161. The minimum Gasteiger partial charge on any atom is -0.411 e. The number of ketones is 1. The Kier molecular flexibility index (Phi) is 6.86. The number of benzene rings is 4. The summed E-state index contributed by atoms with van der Waals surface area (Å²) in [6, 6.07) is 28.5. The Morgan fingerprint density at radius 2 is 1.51 bits per heavy atom. The van der Waals surface area contributed by atoms with Crippen molar-refractivity contribution >= 4 is 33.3 Å². The molecule has 0 aliphatic rings. The Balaban J connectivity index is 1.59. The first-order chi connectivity index (χ1) is 18.0. The highest BCUT2D eigenvalue weighted by Gasteiger charge is 2.19. The van der Waals surface area contributed by atoms with Crippen LogP contribution in [0.4, 0.5) is 0 Å². The lowest BCUT2D eigenvalue weighted by molar-refractivity contribution is 0.103. The molecule has 0 radical (unpaired) electrons. The second kappa shape index (κ2) is 10.4. The normalized spacial score (nSPS) is 12.8. The van der Waals surface area contributed by atoms with Crippen LogP contribution in [-0.4, -0.2) is 26.5 Å². The minimum atomic E-state index is -0.432. The van der Waals surface area contributed by atoms with Crippen LogP contribution in [-0.2, 0) is 6.54 Å².